The van der Waals surface area contributed by atoms with Crippen LogP contribution in [0.1, 0.15) is 23.0 Å². The Balaban J connectivity index is 2.36. The van der Waals surface area contributed by atoms with Crippen molar-refractivity contribution in [3.05, 3.63) is 29.5 Å². The molecular weight excluding hydrogens is 246 g/mol. The van der Waals surface area contributed by atoms with Gasteiger partial charge in [0, 0.05) is 10.9 Å². The number of ether oxygens (including phenoxy) is 2. The molecule has 1 aromatic carbocycles. The van der Waals surface area contributed by atoms with E-state index < -0.39 is 5.97 Å². The minimum Gasteiger partial charge on any atom is -0.497 e. The molecule has 0 radical (unpaired) electrons. The van der Waals surface area contributed by atoms with Gasteiger partial charge in [0.2, 0.25) is 0 Å². The van der Waals surface area contributed by atoms with Crippen LogP contribution in [-0.4, -0.2) is 30.5 Å². The number of hydrogen-bond acceptors (Lipinski definition) is 4. The van der Waals surface area contributed by atoms with Crippen molar-refractivity contribution in [2.24, 2.45) is 0 Å². The first kappa shape index (κ1) is 13.1. The molecule has 0 saturated heterocycles. The second-order valence-electron chi connectivity index (χ2n) is 4.31. The van der Waals surface area contributed by atoms with Crippen molar-refractivity contribution in [2.75, 3.05) is 13.7 Å². The van der Waals surface area contributed by atoms with E-state index >= 15 is 0 Å². The number of nitrogens with one attached hydrogen (secondary N) is 1. The molecule has 0 atom stereocenters. The van der Waals surface area contributed by atoms with Crippen LogP contribution in [0.5, 0.6) is 5.75 Å². The Morgan fingerprint density at radius 3 is 2.68 bits per heavy atom. The molecule has 0 saturated carbocycles. The number of benzene rings is 1. The highest BCUT2D eigenvalue weighted by molar-refractivity contribution is 5.99. The molecule has 0 aliphatic rings. The van der Waals surface area contributed by atoms with Crippen LogP contribution in [0.4, 0.5) is 0 Å². The first-order chi connectivity index (χ1) is 9.02. The van der Waals surface area contributed by atoms with Gasteiger partial charge < -0.3 is 14.5 Å². The standard InChI is InChI=1S/C14H15NO4/c1-8(16)7-19-14(17)13-9(2)11-6-10(18-3)4-5-12(11)15-13/h4-6,15H,7H2,1-3H3. The SMILES string of the molecule is COc1ccc2[nH]c(C(=O)OCC(C)=O)c(C)c2c1. The Bertz CT molecular complexity index is 642. The number of H-pyrrole nitrogens is 1. The van der Waals surface area contributed by atoms with Crippen molar-refractivity contribution in [1.29, 1.82) is 0 Å². The predicted molar refractivity (Wildman–Crippen MR) is 70.6 cm³/mol. The Morgan fingerprint density at radius 1 is 1.32 bits per heavy atom. The van der Waals surface area contributed by atoms with Gasteiger partial charge in [-0.2, -0.15) is 0 Å². The largest absolute Gasteiger partial charge is 0.497 e. The fourth-order valence-corrected chi connectivity index (χ4v) is 1.88. The van der Waals surface area contributed by atoms with Gasteiger partial charge in [0.1, 0.15) is 18.1 Å². The average Bonchev–Trinajstić information content (AvgIpc) is 2.73. The summed E-state index contributed by atoms with van der Waals surface area (Å²) >= 11 is 0. The highest BCUT2D eigenvalue weighted by Crippen LogP contribution is 2.26. The number of carbonyl (C=O) groups excluding carboxylic acids is 2. The lowest BCUT2D eigenvalue weighted by molar-refractivity contribution is -0.120. The van der Waals surface area contributed by atoms with Crippen molar-refractivity contribution in [3.63, 3.8) is 0 Å². The smallest absolute Gasteiger partial charge is 0.355 e. The summed E-state index contributed by atoms with van der Waals surface area (Å²) in [5.41, 5.74) is 1.97. The molecule has 5 heteroatoms. The number of carbonyl (C=O) groups is 2. The average molecular weight is 261 g/mol. The molecule has 0 spiro atoms. The molecule has 2 rings (SSSR count). The summed E-state index contributed by atoms with van der Waals surface area (Å²) in [5.74, 6) is 0.00454. The molecule has 0 fully saturated rings. The summed E-state index contributed by atoms with van der Waals surface area (Å²) < 4.78 is 10.1. The summed E-state index contributed by atoms with van der Waals surface area (Å²) in [5, 5.41) is 0.897. The van der Waals surface area contributed by atoms with E-state index in [1.54, 1.807) is 7.11 Å². The van der Waals surface area contributed by atoms with Gasteiger partial charge in [0.05, 0.1) is 7.11 Å². The number of Topliss-reactive ketones (excluding diaryl/α,β-unsaturated/α-hetero) is 1. The van der Waals surface area contributed by atoms with Crippen LogP contribution < -0.4 is 4.74 Å². The van der Waals surface area contributed by atoms with E-state index in [-0.39, 0.29) is 12.4 Å². The molecule has 2 aromatic rings. The van der Waals surface area contributed by atoms with E-state index in [0.29, 0.717) is 5.69 Å². The molecule has 0 aliphatic heterocycles. The maximum absolute atomic E-state index is 11.9. The summed E-state index contributed by atoms with van der Waals surface area (Å²) in [6.07, 6.45) is 0. The zero-order chi connectivity index (χ0) is 14.0. The molecular formula is C14H15NO4. The second-order valence-corrected chi connectivity index (χ2v) is 4.31. The van der Waals surface area contributed by atoms with Crippen molar-refractivity contribution >= 4 is 22.7 Å². The third kappa shape index (κ3) is 2.59. The number of fused-ring (bicyclic) bond motifs is 1. The van der Waals surface area contributed by atoms with Crippen LogP contribution in [0.25, 0.3) is 10.9 Å². The number of aromatic amines is 1. The fourth-order valence-electron chi connectivity index (χ4n) is 1.88. The molecule has 1 heterocycles. The van der Waals surface area contributed by atoms with E-state index in [1.165, 1.54) is 6.92 Å². The summed E-state index contributed by atoms with van der Waals surface area (Å²) in [7, 11) is 1.59. The lowest BCUT2D eigenvalue weighted by Crippen LogP contribution is -2.12. The van der Waals surface area contributed by atoms with Crippen LogP contribution >= 0.6 is 0 Å². The van der Waals surface area contributed by atoms with Crippen molar-refractivity contribution in [1.82, 2.24) is 4.98 Å². The van der Waals surface area contributed by atoms with Crippen LogP contribution in [0.2, 0.25) is 0 Å². The van der Waals surface area contributed by atoms with Crippen molar-refractivity contribution < 1.29 is 19.1 Å². The van der Waals surface area contributed by atoms with E-state index in [0.717, 1.165) is 22.2 Å². The molecule has 5 nitrogen and oxygen atoms in total. The fraction of sp³-hybridized carbons (Fsp3) is 0.286. The van der Waals surface area contributed by atoms with Gasteiger partial charge in [-0.25, -0.2) is 4.79 Å². The maximum atomic E-state index is 11.9. The predicted octanol–water partition coefficient (Wildman–Crippen LogP) is 2.23. The first-order valence-electron chi connectivity index (χ1n) is 5.86. The number of aromatic nitrogens is 1. The minimum atomic E-state index is -0.525. The second kappa shape index (κ2) is 5.14. The molecule has 1 N–H and O–H groups in total. The number of hydrogen-bond donors (Lipinski definition) is 1. The van der Waals surface area contributed by atoms with Crippen molar-refractivity contribution in [3.8, 4) is 5.75 Å². The molecule has 0 unspecified atom stereocenters. The highest BCUT2D eigenvalue weighted by atomic mass is 16.5. The minimum absolute atomic E-state index is 0.191. The number of esters is 1. The Morgan fingerprint density at radius 2 is 2.05 bits per heavy atom. The highest BCUT2D eigenvalue weighted by Gasteiger charge is 2.16. The number of ketones is 1. The first-order valence-corrected chi connectivity index (χ1v) is 5.86. The quantitative estimate of drug-likeness (QED) is 0.857. The summed E-state index contributed by atoms with van der Waals surface area (Å²) in [6.45, 7) is 2.98. The molecule has 1 aromatic heterocycles. The van der Waals surface area contributed by atoms with Crippen LogP contribution in [0.3, 0.4) is 0 Å². The van der Waals surface area contributed by atoms with Gasteiger partial charge in [-0.15, -0.1) is 0 Å². The molecule has 0 amide bonds. The Hall–Kier alpha value is -2.30. The normalized spacial score (nSPS) is 10.5. The van der Waals surface area contributed by atoms with Crippen LogP contribution in [0.15, 0.2) is 18.2 Å². The molecule has 0 bridgehead atoms. The zero-order valence-corrected chi connectivity index (χ0v) is 11.1. The maximum Gasteiger partial charge on any atom is 0.355 e. The van der Waals surface area contributed by atoms with Crippen LogP contribution in [-0.2, 0) is 9.53 Å². The van der Waals surface area contributed by atoms with Gasteiger partial charge in [-0.05, 0) is 37.6 Å². The van der Waals surface area contributed by atoms with E-state index in [2.05, 4.69) is 4.98 Å². The van der Waals surface area contributed by atoms with Gasteiger partial charge in [0.25, 0.3) is 0 Å². The van der Waals surface area contributed by atoms with E-state index in [4.69, 9.17) is 9.47 Å². The Labute approximate surface area is 110 Å². The van der Waals surface area contributed by atoms with Crippen LogP contribution in [0, 0.1) is 6.92 Å². The van der Waals surface area contributed by atoms with Gasteiger partial charge >= 0.3 is 5.97 Å². The topological polar surface area (TPSA) is 68.4 Å². The van der Waals surface area contributed by atoms with Crippen molar-refractivity contribution in [2.45, 2.75) is 13.8 Å². The van der Waals surface area contributed by atoms with E-state index in [1.807, 2.05) is 25.1 Å². The molecule has 100 valence electrons. The lowest BCUT2D eigenvalue weighted by atomic mass is 10.1. The summed E-state index contributed by atoms with van der Waals surface area (Å²) in [4.78, 5) is 25.7. The van der Waals surface area contributed by atoms with E-state index in [9.17, 15) is 9.59 Å². The lowest BCUT2D eigenvalue weighted by Gasteiger charge is -2.01. The number of methoxy groups -OCH3 is 1. The Kier molecular flexibility index (Phi) is 3.55. The zero-order valence-electron chi connectivity index (χ0n) is 11.1. The number of aryl methyl sites for hydroxylation is 1. The van der Waals surface area contributed by atoms with Gasteiger partial charge in [0.15, 0.2) is 5.78 Å². The molecule has 0 aliphatic carbocycles. The number of rotatable bonds is 4. The summed E-state index contributed by atoms with van der Waals surface area (Å²) in [6, 6.07) is 5.49. The monoisotopic (exact) mass is 261 g/mol. The van der Waals surface area contributed by atoms with Gasteiger partial charge in [-0.1, -0.05) is 0 Å². The van der Waals surface area contributed by atoms with Gasteiger partial charge in [-0.3, -0.25) is 4.79 Å². The third-order valence-corrected chi connectivity index (χ3v) is 2.88. The third-order valence-electron chi connectivity index (χ3n) is 2.88. The molecule has 19 heavy (non-hydrogen) atoms.